The fourth-order valence-corrected chi connectivity index (χ4v) is 3.39. The molecular weight excluding hydrogens is 292 g/mol. The maximum atomic E-state index is 12.3. The second-order valence-electron chi connectivity index (χ2n) is 5.46. The van der Waals surface area contributed by atoms with E-state index in [9.17, 15) is 4.79 Å². The highest BCUT2D eigenvalue weighted by Crippen LogP contribution is 2.22. The van der Waals surface area contributed by atoms with Crippen LogP contribution in [-0.4, -0.2) is 19.5 Å². The summed E-state index contributed by atoms with van der Waals surface area (Å²) in [5.74, 6) is 0.0467. The highest BCUT2D eigenvalue weighted by molar-refractivity contribution is 7.09. The Hall–Kier alpha value is -2.17. The van der Waals surface area contributed by atoms with Gasteiger partial charge >= 0.3 is 0 Å². The van der Waals surface area contributed by atoms with Crippen LogP contribution in [0.15, 0.2) is 60.0 Å². The molecule has 112 valence electrons. The Kier molecular flexibility index (Phi) is 4.51. The Balaban J connectivity index is 1.65. The molecule has 2 aromatic carbocycles. The highest BCUT2D eigenvalue weighted by Gasteiger charge is 2.12. The molecule has 1 heterocycles. The lowest BCUT2D eigenvalue weighted by Gasteiger charge is -2.13. The van der Waals surface area contributed by atoms with Crippen LogP contribution in [0.25, 0.3) is 10.8 Å². The zero-order valence-corrected chi connectivity index (χ0v) is 13.3. The van der Waals surface area contributed by atoms with Gasteiger partial charge in [0.25, 0.3) is 5.91 Å². The quantitative estimate of drug-likeness (QED) is 0.746. The number of hydrogen-bond donors (Lipinski definition) is 2. The van der Waals surface area contributed by atoms with Crippen LogP contribution in [0.1, 0.15) is 4.88 Å². The molecule has 0 aliphatic heterocycles. The Morgan fingerprint density at radius 1 is 1.09 bits per heavy atom. The summed E-state index contributed by atoms with van der Waals surface area (Å²) in [5, 5.41) is 7.32. The first kappa shape index (κ1) is 14.8. The van der Waals surface area contributed by atoms with Gasteiger partial charge in [0.2, 0.25) is 0 Å². The van der Waals surface area contributed by atoms with Crippen LogP contribution in [0.4, 0.5) is 5.69 Å². The van der Waals surface area contributed by atoms with Crippen LogP contribution in [0.5, 0.6) is 0 Å². The molecule has 0 radical (unpaired) electrons. The molecule has 0 saturated heterocycles. The van der Waals surface area contributed by atoms with E-state index in [1.54, 1.807) is 11.3 Å². The minimum Gasteiger partial charge on any atom is -0.325 e. The smallest absolute Gasteiger partial charge is 0.279 e. The second-order valence-corrected chi connectivity index (χ2v) is 6.50. The van der Waals surface area contributed by atoms with Gasteiger partial charge in [-0.15, -0.1) is 11.3 Å². The summed E-state index contributed by atoms with van der Waals surface area (Å²) in [4.78, 5) is 14.7. The standard InChI is InChI=1S/C18H18N2OS/c1-20(12-15-8-5-11-22-15)13-18(21)19-17-10-4-7-14-6-2-3-9-16(14)17/h2-11H,12-13H2,1H3,(H,19,21)/p+1. The predicted octanol–water partition coefficient (Wildman–Crippen LogP) is 2.55. The van der Waals surface area contributed by atoms with Crippen molar-refractivity contribution < 1.29 is 9.69 Å². The van der Waals surface area contributed by atoms with Crippen molar-refractivity contribution in [3.63, 3.8) is 0 Å². The fraction of sp³-hybridized carbons (Fsp3) is 0.167. The molecule has 0 fully saturated rings. The van der Waals surface area contributed by atoms with Gasteiger partial charge in [0.15, 0.2) is 6.54 Å². The first-order valence-electron chi connectivity index (χ1n) is 7.33. The molecule has 0 aliphatic rings. The van der Waals surface area contributed by atoms with Crippen molar-refractivity contribution in [2.75, 3.05) is 18.9 Å². The molecule has 1 atom stereocenters. The second kappa shape index (κ2) is 6.73. The number of likely N-dealkylation sites (N-methyl/N-ethyl adjacent to an activating group) is 1. The normalized spacial score (nSPS) is 12.2. The van der Waals surface area contributed by atoms with Crippen LogP contribution in [0.2, 0.25) is 0 Å². The SMILES string of the molecule is C[NH+](CC(=O)Nc1cccc2ccccc12)Cc1cccs1. The lowest BCUT2D eigenvalue weighted by molar-refractivity contribution is -0.884. The third-order valence-corrected chi connectivity index (χ3v) is 4.46. The summed E-state index contributed by atoms with van der Waals surface area (Å²) in [6.07, 6.45) is 0. The molecule has 2 N–H and O–H groups in total. The van der Waals surface area contributed by atoms with E-state index in [1.165, 1.54) is 9.78 Å². The van der Waals surface area contributed by atoms with E-state index in [4.69, 9.17) is 0 Å². The molecule has 1 aromatic heterocycles. The molecule has 0 spiro atoms. The number of carbonyl (C=O) groups is 1. The maximum Gasteiger partial charge on any atom is 0.279 e. The van der Waals surface area contributed by atoms with Crippen LogP contribution >= 0.6 is 11.3 Å². The molecular formula is C18H19N2OS+. The number of fused-ring (bicyclic) bond motifs is 1. The number of rotatable bonds is 5. The van der Waals surface area contributed by atoms with Gasteiger partial charge in [0.05, 0.1) is 11.9 Å². The predicted molar refractivity (Wildman–Crippen MR) is 92.4 cm³/mol. The minimum absolute atomic E-state index is 0.0467. The molecule has 3 aromatic rings. The van der Waals surface area contributed by atoms with Gasteiger partial charge in [-0.1, -0.05) is 42.5 Å². The lowest BCUT2D eigenvalue weighted by atomic mass is 10.1. The van der Waals surface area contributed by atoms with E-state index < -0.39 is 0 Å². The number of nitrogens with one attached hydrogen (secondary N) is 2. The van der Waals surface area contributed by atoms with Crippen molar-refractivity contribution >= 4 is 33.7 Å². The third-order valence-electron chi connectivity index (χ3n) is 3.58. The van der Waals surface area contributed by atoms with Crippen LogP contribution in [0.3, 0.4) is 0 Å². The zero-order valence-electron chi connectivity index (χ0n) is 12.5. The Morgan fingerprint density at radius 2 is 1.91 bits per heavy atom. The number of carbonyl (C=O) groups excluding carboxylic acids is 1. The van der Waals surface area contributed by atoms with Gasteiger partial charge < -0.3 is 10.2 Å². The van der Waals surface area contributed by atoms with E-state index in [0.717, 1.165) is 23.0 Å². The Labute approximate surface area is 134 Å². The minimum atomic E-state index is 0.0467. The number of hydrogen-bond acceptors (Lipinski definition) is 2. The maximum absolute atomic E-state index is 12.3. The summed E-state index contributed by atoms with van der Waals surface area (Å²) < 4.78 is 0. The van der Waals surface area contributed by atoms with E-state index in [1.807, 2.05) is 43.4 Å². The third kappa shape index (κ3) is 3.53. The van der Waals surface area contributed by atoms with Crippen molar-refractivity contribution in [3.05, 3.63) is 64.9 Å². The van der Waals surface area contributed by atoms with E-state index in [-0.39, 0.29) is 5.91 Å². The molecule has 0 aliphatic carbocycles. The molecule has 3 rings (SSSR count). The van der Waals surface area contributed by atoms with E-state index in [0.29, 0.717) is 6.54 Å². The molecule has 0 bridgehead atoms. The fourth-order valence-electron chi connectivity index (χ4n) is 2.58. The lowest BCUT2D eigenvalue weighted by Crippen LogP contribution is -3.08. The topological polar surface area (TPSA) is 33.5 Å². The number of thiophene rings is 1. The Bertz CT molecular complexity index is 762. The summed E-state index contributed by atoms with van der Waals surface area (Å²) in [5.41, 5.74) is 0.882. The van der Waals surface area contributed by atoms with Crippen molar-refractivity contribution in [2.45, 2.75) is 6.54 Å². The number of anilines is 1. The van der Waals surface area contributed by atoms with Crippen LogP contribution in [-0.2, 0) is 11.3 Å². The van der Waals surface area contributed by atoms with Crippen LogP contribution in [0, 0.1) is 0 Å². The van der Waals surface area contributed by atoms with Gasteiger partial charge in [-0.25, -0.2) is 0 Å². The zero-order chi connectivity index (χ0) is 15.4. The first-order chi connectivity index (χ1) is 10.7. The summed E-state index contributed by atoms with van der Waals surface area (Å²) in [6.45, 7) is 1.34. The molecule has 22 heavy (non-hydrogen) atoms. The van der Waals surface area contributed by atoms with Gasteiger partial charge in [-0.3, -0.25) is 4.79 Å². The Morgan fingerprint density at radius 3 is 2.73 bits per heavy atom. The van der Waals surface area contributed by atoms with Crippen molar-refractivity contribution in [1.82, 2.24) is 0 Å². The molecule has 0 saturated carbocycles. The monoisotopic (exact) mass is 311 g/mol. The molecule has 4 heteroatoms. The largest absolute Gasteiger partial charge is 0.325 e. The average Bonchev–Trinajstić information content (AvgIpc) is 3.00. The van der Waals surface area contributed by atoms with Gasteiger partial charge in [-0.05, 0) is 22.9 Å². The van der Waals surface area contributed by atoms with Crippen molar-refractivity contribution in [1.29, 1.82) is 0 Å². The van der Waals surface area contributed by atoms with Gasteiger partial charge in [0, 0.05) is 11.1 Å². The number of benzene rings is 2. The summed E-state index contributed by atoms with van der Waals surface area (Å²) in [6, 6.07) is 18.2. The molecule has 1 amide bonds. The number of quaternary nitrogens is 1. The first-order valence-corrected chi connectivity index (χ1v) is 8.21. The van der Waals surface area contributed by atoms with Crippen molar-refractivity contribution in [3.8, 4) is 0 Å². The number of amides is 1. The van der Waals surface area contributed by atoms with E-state index >= 15 is 0 Å². The molecule has 3 nitrogen and oxygen atoms in total. The van der Waals surface area contributed by atoms with E-state index in [2.05, 4.69) is 28.9 Å². The van der Waals surface area contributed by atoms with Crippen LogP contribution < -0.4 is 10.2 Å². The van der Waals surface area contributed by atoms with Gasteiger partial charge in [-0.2, -0.15) is 0 Å². The summed E-state index contributed by atoms with van der Waals surface area (Å²) >= 11 is 1.73. The van der Waals surface area contributed by atoms with Crippen molar-refractivity contribution in [2.24, 2.45) is 0 Å². The highest BCUT2D eigenvalue weighted by atomic mass is 32.1. The molecule has 1 unspecified atom stereocenters. The average molecular weight is 311 g/mol. The summed E-state index contributed by atoms with van der Waals surface area (Å²) in [7, 11) is 2.04. The van der Waals surface area contributed by atoms with Gasteiger partial charge in [0.1, 0.15) is 6.54 Å².